The number of carbonyl (C=O) groups is 1. The molecular formula is C15H17N3O3. The quantitative estimate of drug-likeness (QED) is 0.920. The van der Waals surface area contributed by atoms with E-state index in [9.17, 15) is 9.90 Å². The van der Waals surface area contributed by atoms with E-state index in [1.807, 2.05) is 35.2 Å². The summed E-state index contributed by atoms with van der Waals surface area (Å²) in [5.41, 5.74) is -0.00206. The topological polar surface area (TPSA) is 79.5 Å². The first-order valence-electron chi connectivity index (χ1n) is 6.91. The molecule has 2 heterocycles. The second-order valence-electron chi connectivity index (χ2n) is 5.45. The minimum absolute atomic E-state index is 0.452. The van der Waals surface area contributed by atoms with Crippen LogP contribution in [0, 0.1) is 6.92 Å². The zero-order chi connectivity index (χ0) is 14.9. The maximum absolute atomic E-state index is 11.8. The van der Waals surface area contributed by atoms with Gasteiger partial charge in [0.25, 0.3) is 0 Å². The van der Waals surface area contributed by atoms with Crippen LogP contribution in [-0.4, -0.2) is 39.2 Å². The lowest BCUT2D eigenvalue weighted by atomic mass is 9.80. The van der Waals surface area contributed by atoms with Gasteiger partial charge >= 0.3 is 5.97 Å². The van der Waals surface area contributed by atoms with Gasteiger partial charge in [-0.3, -0.25) is 9.69 Å². The summed E-state index contributed by atoms with van der Waals surface area (Å²) in [6.07, 6.45) is 0.583. The fourth-order valence-corrected chi connectivity index (χ4v) is 2.91. The Bertz CT molecular complexity index is 641. The Morgan fingerprint density at radius 3 is 2.81 bits per heavy atom. The Kier molecular flexibility index (Phi) is 3.47. The highest BCUT2D eigenvalue weighted by molar-refractivity contribution is 5.82. The van der Waals surface area contributed by atoms with Crippen molar-refractivity contribution in [2.24, 2.45) is 0 Å². The Morgan fingerprint density at radius 1 is 1.43 bits per heavy atom. The zero-order valence-electron chi connectivity index (χ0n) is 11.8. The third kappa shape index (κ3) is 2.54. The minimum atomic E-state index is -0.851. The molecule has 0 radical (unpaired) electrons. The predicted octanol–water partition coefficient (Wildman–Crippen LogP) is 1.61. The second kappa shape index (κ2) is 5.29. The summed E-state index contributed by atoms with van der Waals surface area (Å²) in [4.78, 5) is 18.1. The van der Waals surface area contributed by atoms with Crippen molar-refractivity contribution >= 4 is 5.97 Å². The molecule has 1 atom stereocenters. The third-order valence-electron chi connectivity index (χ3n) is 4.01. The van der Waals surface area contributed by atoms with Gasteiger partial charge in [-0.05, 0) is 18.9 Å². The molecular weight excluding hydrogens is 270 g/mol. The Hall–Kier alpha value is -2.21. The fourth-order valence-electron chi connectivity index (χ4n) is 2.91. The summed E-state index contributed by atoms with van der Waals surface area (Å²) in [6.45, 7) is 3.40. The lowest BCUT2D eigenvalue weighted by Gasteiger charge is -2.25. The molecule has 1 aromatic heterocycles. The molecule has 1 fully saturated rings. The van der Waals surface area contributed by atoms with Crippen molar-refractivity contribution in [1.82, 2.24) is 15.0 Å². The highest BCUT2D eigenvalue weighted by Crippen LogP contribution is 2.35. The Labute approximate surface area is 122 Å². The molecule has 110 valence electrons. The maximum Gasteiger partial charge on any atom is 0.315 e. The van der Waals surface area contributed by atoms with Crippen molar-refractivity contribution in [2.45, 2.75) is 25.3 Å². The van der Waals surface area contributed by atoms with Crippen LogP contribution >= 0.6 is 0 Å². The van der Waals surface area contributed by atoms with Crippen LogP contribution in [0.15, 0.2) is 34.9 Å². The second-order valence-corrected chi connectivity index (χ2v) is 5.45. The van der Waals surface area contributed by atoms with Crippen molar-refractivity contribution in [3.8, 4) is 0 Å². The van der Waals surface area contributed by atoms with Gasteiger partial charge in [0.15, 0.2) is 5.82 Å². The highest BCUT2D eigenvalue weighted by Gasteiger charge is 2.46. The average Bonchev–Trinajstić information content (AvgIpc) is 3.08. The van der Waals surface area contributed by atoms with Gasteiger partial charge in [0.1, 0.15) is 5.41 Å². The SMILES string of the molecule is Cc1noc(CN2CC[C@](C(=O)O)(c3ccccc3)C2)n1. The molecule has 0 unspecified atom stereocenters. The molecule has 21 heavy (non-hydrogen) atoms. The number of nitrogens with zero attached hydrogens (tertiary/aromatic N) is 3. The molecule has 0 saturated carbocycles. The van der Waals surface area contributed by atoms with Gasteiger partial charge in [-0.15, -0.1) is 0 Å². The molecule has 1 saturated heterocycles. The van der Waals surface area contributed by atoms with E-state index in [1.54, 1.807) is 6.92 Å². The van der Waals surface area contributed by atoms with E-state index in [2.05, 4.69) is 10.1 Å². The number of aryl methyl sites for hydroxylation is 1. The van der Waals surface area contributed by atoms with Crippen LogP contribution in [0.5, 0.6) is 0 Å². The first-order chi connectivity index (χ1) is 10.1. The molecule has 6 nitrogen and oxygen atoms in total. The lowest BCUT2D eigenvalue weighted by molar-refractivity contribution is -0.143. The summed E-state index contributed by atoms with van der Waals surface area (Å²) in [5, 5.41) is 13.5. The standard InChI is InChI=1S/C15H17N3O3/c1-11-16-13(21-17-11)9-18-8-7-15(10-18,14(19)20)12-5-3-2-4-6-12/h2-6H,7-10H2,1H3,(H,19,20)/t15-/m1/s1. The lowest BCUT2D eigenvalue weighted by Crippen LogP contribution is -2.38. The summed E-state index contributed by atoms with van der Waals surface area (Å²) in [7, 11) is 0. The number of aromatic nitrogens is 2. The van der Waals surface area contributed by atoms with Crippen molar-refractivity contribution in [1.29, 1.82) is 0 Å². The van der Waals surface area contributed by atoms with E-state index in [4.69, 9.17) is 4.52 Å². The Morgan fingerprint density at radius 2 is 2.19 bits per heavy atom. The van der Waals surface area contributed by atoms with E-state index in [1.165, 1.54) is 0 Å². The summed E-state index contributed by atoms with van der Waals surface area (Å²) >= 11 is 0. The predicted molar refractivity (Wildman–Crippen MR) is 74.7 cm³/mol. The summed E-state index contributed by atoms with van der Waals surface area (Å²) in [5.74, 6) is 0.344. The van der Waals surface area contributed by atoms with Crippen LogP contribution in [0.25, 0.3) is 0 Å². The van der Waals surface area contributed by atoms with E-state index in [0.29, 0.717) is 37.8 Å². The number of aliphatic carboxylic acids is 1. The van der Waals surface area contributed by atoms with E-state index in [0.717, 1.165) is 5.56 Å². The maximum atomic E-state index is 11.8. The number of benzene rings is 1. The third-order valence-corrected chi connectivity index (χ3v) is 4.01. The van der Waals surface area contributed by atoms with Gasteiger partial charge in [-0.1, -0.05) is 35.5 Å². The van der Waals surface area contributed by atoms with Gasteiger partial charge < -0.3 is 9.63 Å². The molecule has 1 N–H and O–H groups in total. The fraction of sp³-hybridized carbons (Fsp3) is 0.400. The molecule has 0 amide bonds. The average molecular weight is 287 g/mol. The van der Waals surface area contributed by atoms with Crippen molar-refractivity contribution in [2.75, 3.05) is 13.1 Å². The highest BCUT2D eigenvalue weighted by atomic mass is 16.5. The van der Waals surface area contributed by atoms with Crippen LogP contribution < -0.4 is 0 Å². The number of rotatable bonds is 4. The van der Waals surface area contributed by atoms with Crippen molar-refractivity contribution in [3.05, 3.63) is 47.6 Å². The molecule has 0 aliphatic carbocycles. The number of hydrogen-bond donors (Lipinski definition) is 1. The molecule has 1 aromatic carbocycles. The van der Waals surface area contributed by atoms with Crippen molar-refractivity contribution < 1.29 is 14.4 Å². The first-order valence-corrected chi connectivity index (χ1v) is 6.91. The normalized spacial score (nSPS) is 22.5. The largest absolute Gasteiger partial charge is 0.481 e. The van der Waals surface area contributed by atoms with Crippen molar-refractivity contribution in [3.63, 3.8) is 0 Å². The van der Waals surface area contributed by atoms with Crippen LogP contribution in [0.2, 0.25) is 0 Å². The molecule has 0 bridgehead atoms. The monoisotopic (exact) mass is 287 g/mol. The van der Waals surface area contributed by atoms with E-state index < -0.39 is 11.4 Å². The Balaban J connectivity index is 1.80. The van der Waals surface area contributed by atoms with Gasteiger partial charge in [0.05, 0.1) is 6.54 Å². The number of likely N-dealkylation sites (tertiary alicyclic amines) is 1. The first kappa shape index (κ1) is 13.8. The smallest absolute Gasteiger partial charge is 0.315 e. The van der Waals surface area contributed by atoms with Gasteiger partial charge in [0.2, 0.25) is 5.89 Å². The van der Waals surface area contributed by atoms with Gasteiger partial charge in [0, 0.05) is 13.1 Å². The minimum Gasteiger partial charge on any atom is -0.481 e. The molecule has 1 aliphatic heterocycles. The van der Waals surface area contributed by atoms with E-state index >= 15 is 0 Å². The van der Waals surface area contributed by atoms with E-state index in [-0.39, 0.29) is 0 Å². The van der Waals surface area contributed by atoms with Crippen LogP contribution in [0.3, 0.4) is 0 Å². The molecule has 1 aliphatic rings. The number of carboxylic acids is 1. The van der Waals surface area contributed by atoms with Gasteiger partial charge in [-0.2, -0.15) is 4.98 Å². The van der Waals surface area contributed by atoms with Crippen LogP contribution in [-0.2, 0) is 16.8 Å². The summed E-state index contributed by atoms with van der Waals surface area (Å²) in [6, 6.07) is 9.42. The molecule has 6 heteroatoms. The molecule has 0 spiro atoms. The number of hydrogen-bond acceptors (Lipinski definition) is 5. The molecule has 3 rings (SSSR count). The number of carboxylic acid groups (broad SMARTS) is 1. The zero-order valence-corrected chi connectivity index (χ0v) is 11.8. The van der Waals surface area contributed by atoms with Crippen LogP contribution in [0.4, 0.5) is 0 Å². The summed E-state index contributed by atoms with van der Waals surface area (Å²) < 4.78 is 5.11. The molecule has 2 aromatic rings. The van der Waals surface area contributed by atoms with Gasteiger partial charge in [-0.25, -0.2) is 0 Å². The van der Waals surface area contributed by atoms with Crippen LogP contribution in [0.1, 0.15) is 23.7 Å².